The van der Waals surface area contributed by atoms with E-state index in [0.717, 1.165) is 50.4 Å². The van der Waals surface area contributed by atoms with E-state index in [1.165, 1.54) is 5.56 Å². The number of rotatable bonds is 5. The lowest BCUT2D eigenvalue weighted by Crippen LogP contribution is -2.37. The summed E-state index contributed by atoms with van der Waals surface area (Å²) in [5, 5.41) is 9.50. The third-order valence-electron chi connectivity index (χ3n) is 3.74. The SMILES string of the molecule is COc1ccc(OC)c(CCN2CCC(O)CC2)c1. The van der Waals surface area contributed by atoms with Crippen LogP contribution in [-0.2, 0) is 6.42 Å². The molecule has 1 fully saturated rings. The zero-order valence-corrected chi connectivity index (χ0v) is 11.8. The molecule has 2 rings (SSSR count). The predicted octanol–water partition coefficient (Wildman–Crippen LogP) is 1.70. The van der Waals surface area contributed by atoms with Gasteiger partial charge in [0.1, 0.15) is 11.5 Å². The van der Waals surface area contributed by atoms with E-state index in [1.807, 2.05) is 18.2 Å². The summed E-state index contributed by atoms with van der Waals surface area (Å²) in [6, 6.07) is 5.91. The first-order valence-electron chi connectivity index (χ1n) is 6.84. The number of aliphatic hydroxyl groups excluding tert-OH is 1. The quantitative estimate of drug-likeness (QED) is 0.880. The van der Waals surface area contributed by atoms with E-state index < -0.39 is 0 Å². The van der Waals surface area contributed by atoms with Gasteiger partial charge in [-0.2, -0.15) is 0 Å². The number of likely N-dealkylation sites (tertiary alicyclic amines) is 1. The minimum absolute atomic E-state index is 0.109. The molecule has 1 aromatic rings. The average molecular weight is 265 g/mol. The lowest BCUT2D eigenvalue weighted by atomic mass is 10.1. The number of aliphatic hydroxyl groups is 1. The van der Waals surface area contributed by atoms with Crippen molar-refractivity contribution >= 4 is 0 Å². The van der Waals surface area contributed by atoms with Crippen LogP contribution in [0.15, 0.2) is 18.2 Å². The van der Waals surface area contributed by atoms with Crippen molar-refractivity contribution in [1.29, 1.82) is 0 Å². The summed E-state index contributed by atoms with van der Waals surface area (Å²) in [6.07, 6.45) is 2.60. The number of hydrogen-bond donors (Lipinski definition) is 1. The molecule has 0 aromatic heterocycles. The fraction of sp³-hybridized carbons (Fsp3) is 0.600. The lowest BCUT2D eigenvalue weighted by molar-refractivity contribution is 0.0831. The van der Waals surface area contributed by atoms with Crippen molar-refractivity contribution in [3.8, 4) is 11.5 Å². The van der Waals surface area contributed by atoms with Crippen molar-refractivity contribution in [2.75, 3.05) is 33.9 Å². The third-order valence-corrected chi connectivity index (χ3v) is 3.74. The standard InChI is InChI=1S/C15H23NO3/c1-18-14-3-4-15(19-2)12(11-14)5-8-16-9-6-13(17)7-10-16/h3-4,11,13,17H,5-10H2,1-2H3. The van der Waals surface area contributed by atoms with Gasteiger partial charge >= 0.3 is 0 Å². The maximum atomic E-state index is 9.50. The summed E-state index contributed by atoms with van der Waals surface area (Å²) in [5.74, 6) is 1.78. The highest BCUT2D eigenvalue weighted by Gasteiger charge is 2.17. The topological polar surface area (TPSA) is 41.9 Å². The van der Waals surface area contributed by atoms with Crippen molar-refractivity contribution in [2.24, 2.45) is 0 Å². The smallest absolute Gasteiger partial charge is 0.122 e. The van der Waals surface area contributed by atoms with Gasteiger partial charge in [-0.25, -0.2) is 0 Å². The number of hydrogen-bond acceptors (Lipinski definition) is 4. The lowest BCUT2D eigenvalue weighted by Gasteiger charge is -2.29. The molecular weight excluding hydrogens is 242 g/mol. The molecule has 4 nitrogen and oxygen atoms in total. The van der Waals surface area contributed by atoms with E-state index in [2.05, 4.69) is 4.90 Å². The normalized spacial score (nSPS) is 17.4. The maximum absolute atomic E-state index is 9.50. The van der Waals surface area contributed by atoms with Crippen LogP contribution in [0.25, 0.3) is 0 Å². The summed E-state index contributed by atoms with van der Waals surface area (Å²) < 4.78 is 10.6. The highest BCUT2D eigenvalue weighted by molar-refractivity contribution is 5.40. The number of methoxy groups -OCH3 is 2. The zero-order valence-electron chi connectivity index (χ0n) is 11.8. The summed E-state index contributed by atoms with van der Waals surface area (Å²) >= 11 is 0. The zero-order chi connectivity index (χ0) is 13.7. The molecule has 0 bridgehead atoms. The van der Waals surface area contributed by atoms with E-state index >= 15 is 0 Å². The summed E-state index contributed by atoms with van der Waals surface area (Å²) in [5.41, 5.74) is 1.17. The Balaban J connectivity index is 1.94. The monoisotopic (exact) mass is 265 g/mol. The van der Waals surface area contributed by atoms with E-state index in [-0.39, 0.29) is 6.10 Å². The highest BCUT2D eigenvalue weighted by Crippen LogP contribution is 2.24. The van der Waals surface area contributed by atoms with E-state index in [9.17, 15) is 5.11 Å². The van der Waals surface area contributed by atoms with E-state index in [0.29, 0.717) is 0 Å². The molecule has 0 spiro atoms. The van der Waals surface area contributed by atoms with Crippen molar-refractivity contribution in [3.63, 3.8) is 0 Å². The first-order valence-corrected chi connectivity index (χ1v) is 6.84. The Morgan fingerprint density at radius 3 is 2.58 bits per heavy atom. The predicted molar refractivity (Wildman–Crippen MR) is 74.9 cm³/mol. The molecule has 0 radical (unpaired) electrons. The molecule has 1 aliphatic rings. The van der Waals surface area contributed by atoms with Crippen LogP contribution in [-0.4, -0.2) is 50.0 Å². The molecule has 19 heavy (non-hydrogen) atoms. The molecule has 0 unspecified atom stereocenters. The summed E-state index contributed by atoms with van der Waals surface area (Å²) in [7, 11) is 3.38. The number of ether oxygens (including phenoxy) is 2. The van der Waals surface area contributed by atoms with Crippen LogP contribution in [0.4, 0.5) is 0 Å². The number of benzene rings is 1. The van der Waals surface area contributed by atoms with Crippen molar-refractivity contribution in [1.82, 2.24) is 4.90 Å². The first-order chi connectivity index (χ1) is 9.22. The van der Waals surface area contributed by atoms with Gasteiger partial charge < -0.3 is 19.5 Å². The molecule has 4 heteroatoms. The second-order valence-corrected chi connectivity index (χ2v) is 5.00. The van der Waals surface area contributed by atoms with Crippen molar-refractivity contribution < 1.29 is 14.6 Å². The van der Waals surface area contributed by atoms with Gasteiger partial charge in [0.2, 0.25) is 0 Å². The Kier molecular flexibility index (Phi) is 5.05. The van der Waals surface area contributed by atoms with Crippen LogP contribution in [0.2, 0.25) is 0 Å². The van der Waals surface area contributed by atoms with Gasteiger partial charge in [0.25, 0.3) is 0 Å². The molecule has 1 N–H and O–H groups in total. The summed E-state index contributed by atoms with van der Waals surface area (Å²) in [4.78, 5) is 2.39. The van der Waals surface area contributed by atoms with E-state index in [1.54, 1.807) is 14.2 Å². The van der Waals surface area contributed by atoms with Crippen LogP contribution in [0.1, 0.15) is 18.4 Å². The minimum Gasteiger partial charge on any atom is -0.497 e. The average Bonchev–Trinajstić information content (AvgIpc) is 2.46. The molecule has 0 aliphatic carbocycles. The number of piperidine rings is 1. The van der Waals surface area contributed by atoms with Gasteiger partial charge in [-0.1, -0.05) is 0 Å². The fourth-order valence-corrected chi connectivity index (χ4v) is 2.50. The Morgan fingerprint density at radius 2 is 1.95 bits per heavy atom. The van der Waals surface area contributed by atoms with Gasteiger partial charge in [-0.05, 0) is 43.0 Å². The third kappa shape index (κ3) is 3.85. The fourth-order valence-electron chi connectivity index (χ4n) is 2.50. The van der Waals surface area contributed by atoms with Crippen LogP contribution in [0, 0.1) is 0 Å². The van der Waals surface area contributed by atoms with Gasteiger partial charge in [0, 0.05) is 19.6 Å². The molecule has 0 atom stereocenters. The molecular formula is C15H23NO3. The van der Waals surface area contributed by atoms with Gasteiger partial charge in [-0.3, -0.25) is 0 Å². The van der Waals surface area contributed by atoms with Crippen LogP contribution in [0.5, 0.6) is 11.5 Å². The van der Waals surface area contributed by atoms with Crippen molar-refractivity contribution in [2.45, 2.75) is 25.4 Å². The van der Waals surface area contributed by atoms with Crippen LogP contribution < -0.4 is 9.47 Å². The van der Waals surface area contributed by atoms with Gasteiger partial charge in [-0.15, -0.1) is 0 Å². The Labute approximate surface area is 114 Å². The molecule has 106 valence electrons. The Hall–Kier alpha value is -1.26. The molecule has 1 aromatic carbocycles. The van der Waals surface area contributed by atoms with Gasteiger partial charge in [0.05, 0.1) is 20.3 Å². The van der Waals surface area contributed by atoms with Crippen molar-refractivity contribution in [3.05, 3.63) is 23.8 Å². The first kappa shape index (κ1) is 14.2. The molecule has 0 saturated carbocycles. The minimum atomic E-state index is -0.109. The molecule has 1 heterocycles. The van der Waals surface area contributed by atoms with Crippen LogP contribution in [0.3, 0.4) is 0 Å². The molecule has 1 saturated heterocycles. The molecule has 1 aliphatic heterocycles. The van der Waals surface area contributed by atoms with Crippen LogP contribution >= 0.6 is 0 Å². The van der Waals surface area contributed by atoms with E-state index in [4.69, 9.17) is 9.47 Å². The number of nitrogens with zero attached hydrogens (tertiary/aromatic N) is 1. The Morgan fingerprint density at radius 1 is 1.21 bits per heavy atom. The maximum Gasteiger partial charge on any atom is 0.122 e. The second kappa shape index (κ2) is 6.78. The molecule has 0 amide bonds. The summed E-state index contributed by atoms with van der Waals surface area (Å²) in [6.45, 7) is 2.96. The Bertz CT molecular complexity index is 400. The van der Waals surface area contributed by atoms with Gasteiger partial charge in [0.15, 0.2) is 0 Å². The largest absolute Gasteiger partial charge is 0.497 e. The second-order valence-electron chi connectivity index (χ2n) is 5.00. The highest BCUT2D eigenvalue weighted by atomic mass is 16.5.